The average molecular weight is 322 g/mol. The highest BCUT2D eigenvalue weighted by Crippen LogP contribution is 2.17. The molecule has 0 spiro atoms. The zero-order chi connectivity index (χ0) is 15.8. The van der Waals surface area contributed by atoms with Gasteiger partial charge >= 0.3 is 0 Å². The fourth-order valence-corrected chi connectivity index (χ4v) is 3.57. The summed E-state index contributed by atoms with van der Waals surface area (Å²) < 4.78 is 0. The molecule has 1 aromatic rings. The molecule has 1 amide bonds. The molecule has 1 aliphatic rings. The van der Waals surface area contributed by atoms with E-state index in [0.29, 0.717) is 19.4 Å². The van der Waals surface area contributed by atoms with E-state index in [2.05, 4.69) is 10.2 Å². The van der Waals surface area contributed by atoms with E-state index in [1.807, 2.05) is 19.1 Å². The minimum Gasteiger partial charge on any atom is -0.356 e. The Bertz CT molecular complexity index is 493. The lowest BCUT2D eigenvalue weighted by Crippen LogP contribution is -2.33. The molecule has 5 heteroatoms. The molecule has 122 valence electrons. The Morgan fingerprint density at radius 3 is 2.64 bits per heavy atom. The number of aryl methyl sites for hydroxylation is 1. The summed E-state index contributed by atoms with van der Waals surface area (Å²) in [4.78, 5) is 28.0. The number of piperidine rings is 1. The summed E-state index contributed by atoms with van der Waals surface area (Å²) in [5.74, 6) is 0.0573. The molecule has 0 bridgehead atoms. The number of thiophene rings is 1. The molecule has 1 N–H and O–H groups in total. The van der Waals surface area contributed by atoms with Gasteiger partial charge in [0.05, 0.1) is 4.88 Å². The van der Waals surface area contributed by atoms with Gasteiger partial charge in [-0.2, -0.15) is 0 Å². The average Bonchev–Trinajstić information content (AvgIpc) is 2.97. The van der Waals surface area contributed by atoms with Crippen LogP contribution in [0.1, 0.15) is 53.1 Å². The second-order valence-corrected chi connectivity index (χ2v) is 7.23. The van der Waals surface area contributed by atoms with Crippen LogP contribution in [0.2, 0.25) is 0 Å². The van der Waals surface area contributed by atoms with Gasteiger partial charge in [0.25, 0.3) is 0 Å². The Kier molecular flexibility index (Phi) is 7.06. The predicted octanol–water partition coefficient (Wildman–Crippen LogP) is 3.01. The van der Waals surface area contributed by atoms with Crippen LogP contribution < -0.4 is 5.32 Å². The summed E-state index contributed by atoms with van der Waals surface area (Å²) in [7, 11) is 0. The molecule has 4 nitrogen and oxygen atoms in total. The van der Waals surface area contributed by atoms with Crippen LogP contribution in [0, 0.1) is 6.92 Å². The molecule has 1 saturated heterocycles. The van der Waals surface area contributed by atoms with Crippen molar-refractivity contribution >= 4 is 23.0 Å². The normalized spacial score (nSPS) is 15.7. The first-order valence-corrected chi connectivity index (χ1v) is 9.05. The number of hydrogen-bond donors (Lipinski definition) is 1. The smallest absolute Gasteiger partial charge is 0.220 e. The van der Waals surface area contributed by atoms with Gasteiger partial charge in [0.1, 0.15) is 0 Å². The van der Waals surface area contributed by atoms with Crippen LogP contribution in [-0.2, 0) is 4.79 Å². The largest absolute Gasteiger partial charge is 0.356 e. The summed E-state index contributed by atoms with van der Waals surface area (Å²) in [6, 6.07) is 3.79. The van der Waals surface area contributed by atoms with Crippen LogP contribution in [-0.4, -0.2) is 42.8 Å². The number of likely N-dealkylation sites (tertiary alicyclic amines) is 1. The van der Waals surface area contributed by atoms with E-state index < -0.39 is 0 Å². The number of Topliss-reactive ketones (excluding diaryl/α,β-unsaturated/α-hetero) is 1. The second kappa shape index (κ2) is 9.06. The molecule has 1 aliphatic heterocycles. The highest BCUT2D eigenvalue weighted by atomic mass is 32.1. The van der Waals surface area contributed by atoms with Crippen molar-refractivity contribution in [3.05, 3.63) is 21.9 Å². The van der Waals surface area contributed by atoms with E-state index in [0.717, 1.165) is 22.7 Å². The Morgan fingerprint density at radius 1 is 1.18 bits per heavy atom. The fraction of sp³-hybridized carbons (Fsp3) is 0.647. The van der Waals surface area contributed by atoms with E-state index in [1.54, 1.807) is 0 Å². The molecule has 0 unspecified atom stereocenters. The Balaban J connectivity index is 1.55. The van der Waals surface area contributed by atoms with E-state index in [-0.39, 0.29) is 11.7 Å². The van der Waals surface area contributed by atoms with Gasteiger partial charge in [0.15, 0.2) is 5.78 Å². The lowest BCUT2D eigenvalue weighted by molar-refractivity contribution is -0.121. The van der Waals surface area contributed by atoms with E-state index in [9.17, 15) is 9.59 Å². The fourth-order valence-electron chi connectivity index (χ4n) is 2.74. The third kappa shape index (κ3) is 5.89. The maximum Gasteiger partial charge on any atom is 0.220 e. The minimum atomic E-state index is -0.0136. The van der Waals surface area contributed by atoms with Crippen molar-refractivity contribution in [3.8, 4) is 0 Å². The Labute approximate surface area is 136 Å². The number of hydrogen-bond acceptors (Lipinski definition) is 4. The maximum absolute atomic E-state index is 11.9. The third-order valence-electron chi connectivity index (χ3n) is 4.02. The van der Waals surface area contributed by atoms with Gasteiger partial charge in [0, 0.05) is 24.3 Å². The molecule has 0 atom stereocenters. The SMILES string of the molecule is Cc1ccc(C(=O)CCC(=O)NCCCN2CCCCC2)s1. The van der Waals surface area contributed by atoms with Crippen molar-refractivity contribution in [3.63, 3.8) is 0 Å². The Hall–Kier alpha value is -1.20. The molecule has 1 aromatic heterocycles. The molecule has 0 saturated carbocycles. The van der Waals surface area contributed by atoms with Crippen LogP contribution in [0.4, 0.5) is 0 Å². The topological polar surface area (TPSA) is 49.4 Å². The van der Waals surface area contributed by atoms with E-state index >= 15 is 0 Å². The molecule has 1 fully saturated rings. The van der Waals surface area contributed by atoms with Gasteiger partial charge in [-0.05, 0) is 58.0 Å². The Morgan fingerprint density at radius 2 is 1.95 bits per heavy atom. The van der Waals surface area contributed by atoms with E-state index in [1.165, 1.54) is 43.7 Å². The van der Waals surface area contributed by atoms with Crippen LogP contribution in [0.3, 0.4) is 0 Å². The van der Waals surface area contributed by atoms with E-state index in [4.69, 9.17) is 0 Å². The van der Waals surface area contributed by atoms with Crippen LogP contribution in [0.25, 0.3) is 0 Å². The number of amides is 1. The summed E-state index contributed by atoms with van der Waals surface area (Å²) in [5.41, 5.74) is 0. The minimum absolute atomic E-state index is 0.0136. The highest BCUT2D eigenvalue weighted by Gasteiger charge is 2.12. The summed E-state index contributed by atoms with van der Waals surface area (Å²) in [5, 5.41) is 2.92. The third-order valence-corrected chi connectivity index (χ3v) is 5.06. The summed E-state index contributed by atoms with van der Waals surface area (Å²) in [6.45, 7) is 6.15. The lowest BCUT2D eigenvalue weighted by Gasteiger charge is -2.26. The van der Waals surface area contributed by atoms with Crippen LogP contribution in [0.5, 0.6) is 0 Å². The van der Waals surface area contributed by atoms with Crippen molar-refractivity contribution < 1.29 is 9.59 Å². The quantitative estimate of drug-likeness (QED) is 0.591. The van der Waals surface area contributed by atoms with Gasteiger partial charge in [-0.3, -0.25) is 9.59 Å². The molecule has 2 heterocycles. The zero-order valence-corrected chi connectivity index (χ0v) is 14.2. The van der Waals surface area contributed by atoms with Crippen LogP contribution >= 0.6 is 11.3 Å². The molecular formula is C17H26N2O2S. The standard InChI is InChI=1S/C17H26N2O2S/c1-14-6-8-16(22-14)15(20)7-9-17(21)18-10-5-13-19-11-3-2-4-12-19/h6,8H,2-5,7,9-13H2,1H3,(H,18,21). The number of rotatable bonds is 8. The molecule has 0 aromatic carbocycles. The molecule has 0 aliphatic carbocycles. The first-order valence-electron chi connectivity index (χ1n) is 8.24. The summed E-state index contributed by atoms with van der Waals surface area (Å²) >= 11 is 1.50. The van der Waals surface area contributed by atoms with Crippen molar-refractivity contribution in [2.24, 2.45) is 0 Å². The van der Waals surface area contributed by atoms with Gasteiger partial charge < -0.3 is 10.2 Å². The molecule has 2 rings (SSSR count). The van der Waals surface area contributed by atoms with Crippen molar-refractivity contribution in [2.45, 2.75) is 45.4 Å². The first kappa shape index (κ1) is 17.2. The number of carbonyl (C=O) groups is 2. The van der Waals surface area contributed by atoms with Crippen molar-refractivity contribution in [2.75, 3.05) is 26.2 Å². The second-order valence-electron chi connectivity index (χ2n) is 5.94. The number of nitrogens with zero attached hydrogens (tertiary/aromatic N) is 1. The number of nitrogens with one attached hydrogen (secondary N) is 1. The first-order chi connectivity index (χ1) is 10.6. The monoisotopic (exact) mass is 322 g/mol. The number of carbonyl (C=O) groups excluding carboxylic acids is 2. The molecule has 0 radical (unpaired) electrons. The zero-order valence-electron chi connectivity index (χ0n) is 13.4. The highest BCUT2D eigenvalue weighted by molar-refractivity contribution is 7.14. The van der Waals surface area contributed by atoms with Gasteiger partial charge in [-0.25, -0.2) is 0 Å². The van der Waals surface area contributed by atoms with Crippen LogP contribution in [0.15, 0.2) is 12.1 Å². The molecule has 22 heavy (non-hydrogen) atoms. The van der Waals surface area contributed by atoms with Crippen molar-refractivity contribution in [1.29, 1.82) is 0 Å². The summed E-state index contributed by atoms with van der Waals surface area (Å²) in [6.07, 6.45) is 5.54. The van der Waals surface area contributed by atoms with Gasteiger partial charge in [0.2, 0.25) is 5.91 Å². The molecular weight excluding hydrogens is 296 g/mol. The van der Waals surface area contributed by atoms with Gasteiger partial charge in [-0.15, -0.1) is 11.3 Å². The van der Waals surface area contributed by atoms with Gasteiger partial charge in [-0.1, -0.05) is 6.42 Å². The predicted molar refractivity (Wildman–Crippen MR) is 90.5 cm³/mol. The maximum atomic E-state index is 11.9. The lowest BCUT2D eigenvalue weighted by atomic mass is 10.1. The number of ketones is 1. The van der Waals surface area contributed by atoms with Crippen molar-refractivity contribution in [1.82, 2.24) is 10.2 Å².